The van der Waals surface area contributed by atoms with E-state index in [1.165, 1.54) is 19.4 Å². The Hall–Kier alpha value is -2.50. The Bertz CT molecular complexity index is 621. The molecule has 1 aromatic heterocycles. The Morgan fingerprint density at radius 2 is 2.00 bits per heavy atom. The Kier molecular flexibility index (Phi) is 5.41. The summed E-state index contributed by atoms with van der Waals surface area (Å²) in [6, 6.07) is 12.0. The molecule has 0 fully saturated rings. The summed E-state index contributed by atoms with van der Waals surface area (Å²) >= 11 is 0. The summed E-state index contributed by atoms with van der Waals surface area (Å²) in [5.74, 6) is -0.0990. The molecule has 0 spiro atoms. The van der Waals surface area contributed by atoms with Crippen LogP contribution in [0, 0.1) is 0 Å². The summed E-state index contributed by atoms with van der Waals surface area (Å²) < 4.78 is 30.6. The second kappa shape index (κ2) is 7.49. The lowest BCUT2D eigenvalue weighted by molar-refractivity contribution is 0.0529. The van der Waals surface area contributed by atoms with Crippen molar-refractivity contribution < 1.29 is 18.3 Å². The molecule has 0 saturated heterocycles. The van der Waals surface area contributed by atoms with Crippen LogP contribution in [0.2, 0.25) is 0 Å². The second-order valence-electron chi connectivity index (χ2n) is 4.64. The molecular formula is C16H16F2N2O2. The van der Waals surface area contributed by atoms with Crippen LogP contribution in [-0.4, -0.2) is 35.9 Å². The minimum absolute atomic E-state index is 0.0796. The third-order valence-electron chi connectivity index (χ3n) is 3.05. The topological polar surface area (TPSA) is 42.4 Å². The predicted octanol–water partition coefficient (Wildman–Crippen LogP) is 3.00. The number of carbonyl (C=O) groups is 1. The fourth-order valence-corrected chi connectivity index (χ4v) is 2.01. The zero-order valence-electron chi connectivity index (χ0n) is 12.1. The number of rotatable bonds is 6. The van der Waals surface area contributed by atoms with Gasteiger partial charge in [-0.15, -0.1) is 0 Å². The Morgan fingerprint density at radius 3 is 2.64 bits per heavy atom. The van der Waals surface area contributed by atoms with Crippen molar-refractivity contribution in [3.8, 4) is 5.75 Å². The molecule has 22 heavy (non-hydrogen) atoms. The average molecular weight is 306 g/mol. The first-order valence-corrected chi connectivity index (χ1v) is 6.71. The Morgan fingerprint density at radius 1 is 1.27 bits per heavy atom. The lowest BCUT2D eigenvalue weighted by atomic mass is 10.2. The number of pyridine rings is 1. The molecule has 6 heteroatoms. The van der Waals surface area contributed by atoms with E-state index in [0.717, 1.165) is 10.5 Å². The third-order valence-corrected chi connectivity index (χ3v) is 3.05. The van der Waals surface area contributed by atoms with Crippen molar-refractivity contribution in [1.82, 2.24) is 9.88 Å². The maximum absolute atomic E-state index is 12.8. The number of ether oxygens (including phenoxy) is 1. The molecule has 0 saturated carbocycles. The SMILES string of the molecule is COc1ccnc(C(=O)N(Cc2ccccc2)CC(F)F)c1. The zero-order chi connectivity index (χ0) is 15.9. The van der Waals surface area contributed by atoms with Gasteiger partial charge in [-0.3, -0.25) is 9.78 Å². The van der Waals surface area contributed by atoms with E-state index in [1.54, 1.807) is 30.3 Å². The van der Waals surface area contributed by atoms with Crippen LogP contribution in [-0.2, 0) is 6.54 Å². The number of methoxy groups -OCH3 is 1. The van der Waals surface area contributed by atoms with Crippen molar-refractivity contribution >= 4 is 5.91 Å². The molecule has 1 heterocycles. The number of carbonyl (C=O) groups excluding carboxylic acids is 1. The normalized spacial score (nSPS) is 10.5. The molecule has 1 amide bonds. The van der Waals surface area contributed by atoms with Gasteiger partial charge in [0.2, 0.25) is 0 Å². The fraction of sp³-hybridized carbons (Fsp3) is 0.250. The highest BCUT2D eigenvalue weighted by Crippen LogP contribution is 2.15. The fourth-order valence-electron chi connectivity index (χ4n) is 2.01. The van der Waals surface area contributed by atoms with Crippen molar-refractivity contribution in [2.45, 2.75) is 13.0 Å². The zero-order valence-corrected chi connectivity index (χ0v) is 12.1. The van der Waals surface area contributed by atoms with Crippen LogP contribution in [0.3, 0.4) is 0 Å². The van der Waals surface area contributed by atoms with Crippen LogP contribution < -0.4 is 4.74 Å². The number of benzene rings is 1. The van der Waals surface area contributed by atoms with Gasteiger partial charge >= 0.3 is 0 Å². The highest BCUT2D eigenvalue weighted by Gasteiger charge is 2.21. The van der Waals surface area contributed by atoms with Crippen molar-refractivity contribution in [2.24, 2.45) is 0 Å². The maximum atomic E-state index is 12.8. The van der Waals surface area contributed by atoms with E-state index in [4.69, 9.17) is 4.74 Å². The molecule has 0 aliphatic rings. The lowest BCUT2D eigenvalue weighted by Crippen LogP contribution is -2.35. The van der Waals surface area contributed by atoms with Crippen molar-refractivity contribution in [3.63, 3.8) is 0 Å². The van der Waals surface area contributed by atoms with Gasteiger partial charge in [0.05, 0.1) is 13.7 Å². The van der Waals surface area contributed by atoms with Crippen molar-refractivity contribution in [3.05, 3.63) is 59.9 Å². The van der Waals surface area contributed by atoms with Crippen LogP contribution in [0.25, 0.3) is 0 Å². The van der Waals surface area contributed by atoms with Crippen LogP contribution in [0.1, 0.15) is 16.1 Å². The van der Waals surface area contributed by atoms with E-state index in [0.29, 0.717) is 5.75 Å². The summed E-state index contributed by atoms with van der Waals surface area (Å²) in [4.78, 5) is 17.5. The standard InChI is InChI=1S/C16H16F2N2O2/c1-22-13-7-8-19-14(9-13)16(21)20(11-15(17)18)10-12-5-3-2-4-6-12/h2-9,15H,10-11H2,1H3. The Labute approximate surface area is 127 Å². The monoisotopic (exact) mass is 306 g/mol. The van der Waals surface area contributed by atoms with E-state index in [1.807, 2.05) is 6.07 Å². The van der Waals surface area contributed by atoms with Crippen molar-refractivity contribution in [2.75, 3.05) is 13.7 Å². The van der Waals surface area contributed by atoms with E-state index in [2.05, 4.69) is 4.98 Å². The average Bonchev–Trinajstić information content (AvgIpc) is 2.54. The molecule has 0 aliphatic heterocycles. The van der Waals surface area contributed by atoms with E-state index >= 15 is 0 Å². The van der Waals surface area contributed by atoms with Crippen LogP contribution in [0.15, 0.2) is 48.7 Å². The van der Waals surface area contributed by atoms with Gasteiger partial charge in [-0.1, -0.05) is 30.3 Å². The molecule has 0 bridgehead atoms. The predicted molar refractivity (Wildman–Crippen MR) is 78.0 cm³/mol. The third kappa shape index (κ3) is 4.25. The van der Waals surface area contributed by atoms with Crippen molar-refractivity contribution in [1.29, 1.82) is 0 Å². The van der Waals surface area contributed by atoms with Crippen LogP contribution >= 0.6 is 0 Å². The van der Waals surface area contributed by atoms with E-state index < -0.39 is 18.9 Å². The van der Waals surface area contributed by atoms with Gasteiger partial charge in [-0.25, -0.2) is 8.78 Å². The molecule has 0 atom stereocenters. The highest BCUT2D eigenvalue weighted by atomic mass is 19.3. The minimum atomic E-state index is -2.61. The van der Waals surface area contributed by atoms with Gasteiger partial charge < -0.3 is 9.64 Å². The molecule has 0 aliphatic carbocycles. The van der Waals surface area contributed by atoms with Crippen LogP contribution in [0.4, 0.5) is 8.78 Å². The summed E-state index contributed by atoms with van der Waals surface area (Å²) in [6.45, 7) is -0.546. The van der Waals surface area contributed by atoms with Gasteiger partial charge in [0.25, 0.3) is 12.3 Å². The number of halogens is 2. The molecule has 0 N–H and O–H groups in total. The van der Waals surface area contributed by atoms with Crippen LogP contribution in [0.5, 0.6) is 5.75 Å². The molecule has 1 aromatic carbocycles. The molecule has 116 valence electrons. The quantitative estimate of drug-likeness (QED) is 0.824. The van der Waals surface area contributed by atoms with Gasteiger partial charge in [-0.05, 0) is 11.6 Å². The van der Waals surface area contributed by atoms with E-state index in [9.17, 15) is 13.6 Å². The smallest absolute Gasteiger partial charge is 0.273 e. The molecule has 0 unspecified atom stereocenters. The summed E-state index contributed by atoms with van der Waals surface area (Å²) in [5, 5.41) is 0. The molecular weight excluding hydrogens is 290 g/mol. The van der Waals surface area contributed by atoms with Gasteiger partial charge in [0.1, 0.15) is 11.4 Å². The van der Waals surface area contributed by atoms with Gasteiger partial charge in [-0.2, -0.15) is 0 Å². The molecule has 0 radical (unpaired) electrons. The summed E-state index contributed by atoms with van der Waals surface area (Å²) in [7, 11) is 1.46. The summed E-state index contributed by atoms with van der Waals surface area (Å²) in [6.07, 6.45) is -1.20. The first kappa shape index (κ1) is 15.9. The number of hydrogen-bond acceptors (Lipinski definition) is 3. The molecule has 4 nitrogen and oxygen atoms in total. The number of nitrogens with zero attached hydrogens (tertiary/aromatic N) is 2. The second-order valence-corrected chi connectivity index (χ2v) is 4.64. The lowest BCUT2D eigenvalue weighted by Gasteiger charge is -2.22. The molecule has 2 rings (SSSR count). The Balaban J connectivity index is 2.22. The number of hydrogen-bond donors (Lipinski definition) is 0. The highest BCUT2D eigenvalue weighted by molar-refractivity contribution is 5.92. The number of aromatic nitrogens is 1. The van der Waals surface area contributed by atoms with Gasteiger partial charge in [0.15, 0.2) is 0 Å². The summed E-state index contributed by atoms with van der Waals surface area (Å²) in [5.41, 5.74) is 0.857. The van der Waals surface area contributed by atoms with E-state index in [-0.39, 0.29) is 12.2 Å². The van der Waals surface area contributed by atoms with Gasteiger partial charge in [0, 0.05) is 18.8 Å². The maximum Gasteiger partial charge on any atom is 0.273 e. The first-order valence-electron chi connectivity index (χ1n) is 6.71. The first-order chi connectivity index (χ1) is 10.6. The molecule has 2 aromatic rings. The number of alkyl halides is 2. The largest absolute Gasteiger partial charge is 0.497 e. The minimum Gasteiger partial charge on any atom is -0.497 e. The number of amides is 1.